The number of rotatable bonds is 6. The van der Waals surface area contributed by atoms with Crippen LogP contribution in [-0.4, -0.2) is 18.0 Å². The average Bonchev–Trinajstić information content (AvgIpc) is 2.61. The van der Waals surface area contributed by atoms with Crippen molar-refractivity contribution in [2.24, 2.45) is 0 Å². The number of hydrogen-bond donors (Lipinski definition) is 1. The Labute approximate surface area is 140 Å². The van der Waals surface area contributed by atoms with Gasteiger partial charge in [0, 0.05) is 12.1 Å². The third-order valence-electron chi connectivity index (χ3n) is 3.42. The van der Waals surface area contributed by atoms with E-state index in [4.69, 9.17) is 10.00 Å². The summed E-state index contributed by atoms with van der Waals surface area (Å²) < 4.78 is 5.15. The van der Waals surface area contributed by atoms with Gasteiger partial charge < -0.3 is 10.1 Å². The maximum absolute atomic E-state index is 12.0. The molecule has 0 aliphatic heterocycles. The lowest BCUT2D eigenvalue weighted by atomic mass is 10.1. The fraction of sp³-hybridized carbons (Fsp3) is 0.211. The van der Waals surface area contributed by atoms with Crippen LogP contribution in [0.15, 0.2) is 54.6 Å². The Bertz CT molecular complexity index is 733. The van der Waals surface area contributed by atoms with E-state index >= 15 is 0 Å². The number of carbonyl (C=O) groups is 2. The number of aryl methyl sites for hydroxylation is 1. The lowest BCUT2D eigenvalue weighted by Gasteiger charge is -2.13. The minimum absolute atomic E-state index is 0.221. The first-order chi connectivity index (χ1) is 11.6. The number of hydrogen-bond acceptors (Lipinski definition) is 4. The SMILES string of the molecule is C[C@H](OC(=O)CCc1ccccc1)C(=O)Nc1ccc(C#N)cc1. The molecule has 0 saturated carbocycles. The van der Waals surface area contributed by atoms with Crippen LogP contribution in [0.4, 0.5) is 5.69 Å². The van der Waals surface area contributed by atoms with E-state index in [1.165, 1.54) is 6.92 Å². The summed E-state index contributed by atoms with van der Waals surface area (Å²) in [6.07, 6.45) is -0.0915. The second-order valence-corrected chi connectivity index (χ2v) is 5.30. The highest BCUT2D eigenvalue weighted by Crippen LogP contribution is 2.10. The zero-order valence-corrected chi connectivity index (χ0v) is 13.4. The molecule has 0 aromatic heterocycles. The Morgan fingerprint density at radius 1 is 1.12 bits per heavy atom. The van der Waals surface area contributed by atoms with Crippen LogP contribution in [0.1, 0.15) is 24.5 Å². The molecule has 2 aromatic rings. The molecule has 0 spiro atoms. The topological polar surface area (TPSA) is 79.2 Å². The fourth-order valence-corrected chi connectivity index (χ4v) is 2.07. The van der Waals surface area contributed by atoms with Crippen molar-refractivity contribution in [3.63, 3.8) is 0 Å². The molecule has 5 heteroatoms. The van der Waals surface area contributed by atoms with Crippen LogP contribution in [0, 0.1) is 11.3 Å². The number of esters is 1. The maximum Gasteiger partial charge on any atom is 0.306 e. The standard InChI is InChI=1S/C19H18N2O3/c1-14(19(23)21-17-10-7-16(13-20)8-11-17)24-18(22)12-9-15-5-3-2-4-6-15/h2-8,10-11,14H,9,12H2,1H3,(H,21,23)/t14-/m0/s1. The molecule has 122 valence electrons. The lowest BCUT2D eigenvalue weighted by Crippen LogP contribution is -2.30. The van der Waals surface area contributed by atoms with Crippen molar-refractivity contribution in [2.45, 2.75) is 25.9 Å². The Morgan fingerprint density at radius 3 is 2.42 bits per heavy atom. The average molecular weight is 322 g/mol. The molecule has 0 heterocycles. The highest BCUT2D eigenvalue weighted by atomic mass is 16.5. The maximum atomic E-state index is 12.0. The first-order valence-electron chi connectivity index (χ1n) is 7.63. The second-order valence-electron chi connectivity index (χ2n) is 5.30. The predicted molar refractivity (Wildman–Crippen MR) is 90.1 cm³/mol. The quantitative estimate of drug-likeness (QED) is 0.829. The van der Waals surface area contributed by atoms with E-state index in [9.17, 15) is 9.59 Å². The molecule has 5 nitrogen and oxygen atoms in total. The van der Waals surface area contributed by atoms with E-state index in [0.29, 0.717) is 17.7 Å². The van der Waals surface area contributed by atoms with E-state index in [2.05, 4.69) is 5.32 Å². The van der Waals surface area contributed by atoms with E-state index in [1.54, 1.807) is 24.3 Å². The van der Waals surface area contributed by atoms with E-state index in [1.807, 2.05) is 36.4 Å². The number of nitriles is 1. The molecule has 1 N–H and O–H groups in total. The highest BCUT2D eigenvalue weighted by molar-refractivity contribution is 5.95. The van der Waals surface area contributed by atoms with Gasteiger partial charge in [0.15, 0.2) is 6.10 Å². The molecule has 0 unspecified atom stereocenters. The summed E-state index contributed by atoms with van der Waals surface area (Å²) in [5.74, 6) is -0.825. The van der Waals surface area contributed by atoms with Gasteiger partial charge in [-0.3, -0.25) is 9.59 Å². The second kappa shape index (κ2) is 8.49. The summed E-state index contributed by atoms with van der Waals surface area (Å²) in [6.45, 7) is 1.53. The fourth-order valence-electron chi connectivity index (χ4n) is 2.07. The van der Waals surface area contributed by atoms with Gasteiger partial charge in [-0.15, -0.1) is 0 Å². The zero-order valence-electron chi connectivity index (χ0n) is 13.4. The molecule has 1 atom stereocenters. The normalized spacial score (nSPS) is 11.2. The Morgan fingerprint density at radius 2 is 1.79 bits per heavy atom. The number of carbonyl (C=O) groups excluding carboxylic acids is 2. The Hall–Kier alpha value is -3.13. The molecule has 2 aromatic carbocycles. The number of ether oxygens (including phenoxy) is 1. The van der Waals surface area contributed by atoms with E-state index < -0.39 is 18.0 Å². The molecule has 0 radical (unpaired) electrons. The molecule has 24 heavy (non-hydrogen) atoms. The Kier molecular flexibility index (Phi) is 6.09. The number of amides is 1. The number of benzene rings is 2. The van der Waals surface area contributed by atoms with Crippen LogP contribution >= 0.6 is 0 Å². The highest BCUT2D eigenvalue weighted by Gasteiger charge is 2.17. The first-order valence-corrected chi connectivity index (χ1v) is 7.63. The summed E-state index contributed by atoms with van der Waals surface area (Å²) >= 11 is 0. The van der Waals surface area contributed by atoms with Crippen LogP contribution in [0.3, 0.4) is 0 Å². The molecule has 0 fully saturated rings. The van der Waals surface area contributed by atoms with Gasteiger partial charge >= 0.3 is 5.97 Å². The predicted octanol–water partition coefficient (Wildman–Crippen LogP) is 3.06. The Balaban J connectivity index is 1.80. The molecule has 2 rings (SSSR count). The molecule has 1 amide bonds. The summed E-state index contributed by atoms with van der Waals surface area (Å²) in [4.78, 5) is 23.9. The molecule has 0 aliphatic carbocycles. The van der Waals surface area contributed by atoms with Gasteiger partial charge in [-0.05, 0) is 43.2 Å². The van der Waals surface area contributed by atoms with Crippen LogP contribution in [0.25, 0.3) is 0 Å². The number of nitrogens with zero attached hydrogens (tertiary/aromatic N) is 1. The largest absolute Gasteiger partial charge is 0.453 e. The van der Waals surface area contributed by atoms with Gasteiger partial charge in [-0.1, -0.05) is 30.3 Å². The van der Waals surface area contributed by atoms with E-state index in [0.717, 1.165) is 5.56 Å². The minimum Gasteiger partial charge on any atom is -0.453 e. The zero-order chi connectivity index (χ0) is 17.4. The van der Waals surface area contributed by atoms with Gasteiger partial charge in [-0.25, -0.2) is 0 Å². The summed E-state index contributed by atoms with van der Waals surface area (Å²) in [5.41, 5.74) is 2.10. The van der Waals surface area contributed by atoms with Crippen molar-refractivity contribution in [2.75, 3.05) is 5.32 Å². The first kappa shape index (κ1) is 17.2. The monoisotopic (exact) mass is 322 g/mol. The van der Waals surface area contributed by atoms with Gasteiger partial charge in [0.25, 0.3) is 5.91 Å². The van der Waals surface area contributed by atoms with Crippen molar-refractivity contribution in [1.82, 2.24) is 0 Å². The third kappa shape index (κ3) is 5.25. The van der Waals surface area contributed by atoms with Crippen LogP contribution in [-0.2, 0) is 20.7 Å². The van der Waals surface area contributed by atoms with Gasteiger partial charge in [0.05, 0.1) is 11.6 Å². The molecular formula is C19H18N2O3. The lowest BCUT2D eigenvalue weighted by molar-refractivity contribution is -0.153. The van der Waals surface area contributed by atoms with E-state index in [-0.39, 0.29) is 6.42 Å². The molecule has 0 saturated heterocycles. The van der Waals surface area contributed by atoms with Crippen molar-refractivity contribution in [3.05, 3.63) is 65.7 Å². The van der Waals surface area contributed by atoms with Gasteiger partial charge in [-0.2, -0.15) is 5.26 Å². The summed E-state index contributed by atoms with van der Waals surface area (Å²) in [7, 11) is 0. The van der Waals surface area contributed by atoms with Crippen molar-refractivity contribution >= 4 is 17.6 Å². The summed E-state index contributed by atoms with van der Waals surface area (Å²) in [5, 5.41) is 11.4. The summed E-state index contributed by atoms with van der Waals surface area (Å²) in [6, 6.07) is 18.1. The molecule has 0 aliphatic rings. The third-order valence-corrected chi connectivity index (χ3v) is 3.42. The van der Waals surface area contributed by atoms with Crippen LogP contribution in [0.5, 0.6) is 0 Å². The molecular weight excluding hydrogens is 304 g/mol. The van der Waals surface area contributed by atoms with Crippen LogP contribution < -0.4 is 5.32 Å². The van der Waals surface area contributed by atoms with Crippen molar-refractivity contribution in [1.29, 1.82) is 5.26 Å². The minimum atomic E-state index is -0.885. The van der Waals surface area contributed by atoms with Crippen molar-refractivity contribution in [3.8, 4) is 6.07 Å². The molecule has 0 bridgehead atoms. The van der Waals surface area contributed by atoms with Gasteiger partial charge in [0.2, 0.25) is 0 Å². The van der Waals surface area contributed by atoms with Crippen molar-refractivity contribution < 1.29 is 14.3 Å². The number of anilines is 1. The van der Waals surface area contributed by atoms with Gasteiger partial charge in [0.1, 0.15) is 0 Å². The number of nitrogens with one attached hydrogen (secondary N) is 1. The smallest absolute Gasteiger partial charge is 0.306 e. The van der Waals surface area contributed by atoms with Crippen LogP contribution in [0.2, 0.25) is 0 Å².